The van der Waals surface area contributed by atoms with E-state index in [0.29, 0.717) is 17.8 Å². The molecule has 3 nitrogen and oxygen atoms in total. The summed E-state index contributed by atoms with van der Waals surface area (Å²) < 4.78 is 5.28. The predicted octanol–water partition coefficient (Wildman–Crippen LogP) is 3.55. The Balaban J connectivity index is 2.79. The second-order valence-electron chi connectivity index (χ2n) is 5.69. The first kappa shape index (κ1) is 14.7. The average molecular weight is 250 g/mol. The first-order valence-corrected chi connectivity index (χ1v) is 6.43. The number of esters is 1. The summed E-state index contributed by atoms with van der Waals surface area (Å²) in [5.74, 6) is 0.183. The molecule has 0 N–H and O–H groups in total. The molecule has 1 aliphatic rings. The van der Waals surface area contributed by atoms with E-state index >= 15 is 0 Å². The molecule has 0 amide bonds. The zero-order valence-corrected chi connectivity index (χ0v) is 11.9. The van der Waals surface area contributed by atoms with Gasteiger partial charge in [-0.05, 0) is 46.1 Å². The van der Waals surface area contributed by atoms with Gasteiger partial charge in [0.1, 0.15) is 5.76 Å². The number of ketones is 1. The van der Waals surface area contributed by atoms with Crippen molar-refractivity contribution in [3.63, 3.8) is 0 Å². The van der Waals surface area contributed by atoms with Crippen molar-refractivity contribution in [3.05, 3.63) is 23.0 Å². The predicted molar refractivity (Wildman–Crippen MR) is 70.9 cm³/mol. The molecular weight excluding hydrogens is 228 g/mol. The van der Waals surface area contributed by atoms with Gasteiger partial charge in [0, 0.05) is 5.57 Å². The Morgan fingerprint density at radius 1 is 1.39 bits per heavy atom. The lowest BCUT2D eigenvalue weighted by Crippen LogP contribution is -2.23. The Labute approximate surface area is 109 Å². The summed E-state index contributed by atoms with van der Waals surface area (Å²) in [4.78, 5) is 23.8. The molecule has 0 saturated carbocycles. The topological polar surface area (TPSA) is 43.4 Å². The molecule has 100 valence electrons. The summed E-state index contributed by atoms with van der Waals surface area (Å²) >= 11 is 0. The van der Waals surface area contributed by atoms with Gasteiger partial charge in [-0.1, -0.05) is 19.4 Å². The van der Waals surface area contributed by atoms with Crippen LogP contribution < -0.4 is 0 Å². The summed E-state index contributed by atoms with van der Waals surface area (Å²) in [6, 6.07) is 0. The van der Waals surface area contributed by atoms with Gasteiger partial charge in [-0.25, -0.2) is 0 Å². The molecule has 0 heterocycles. The van der Waals surface area contributed by atoms with E-state index in [9.17, 15) is 9.59 Å². The third-order valence-corrected chi connectivity index (χ3v) is 2.92. The van der Waals surface area contributed by atoms with E-state index in [-0.39, 0.29) is 11.8 Å². The highest BCUT2D eigenvalue weighted by molar-refractivity contribution is 6.11. The van der Waals surface area contributed by atoms with E-state index < -0.39 is 5.41 Å². The highest BCUT2D eigenvalue weighted by Gasteiger charge is 2.27. The van der Waals surface area contributed by atoms with Crippen molar-refractivity contribution in [2.75, 3.05) is 0 Å². The molecule has 0 unspecified atom stereocenters. The van der Waals surface area contributed by atoms with Gasteiger partial charge < -0.3 is 4.74 Å². The maximum Gasteiger partial charge on any atom is 0.316 e. The van der Waals surface area contributed by atoms with Gasteiger partial charge in [0.2, 0.25) is 0 Å². The Morgan fingerprint density at radius 2 is 2.00 bits per heavy atom. The van der Waals surface area contributed by atoms with Crippen LogP contribution in [0.2, 0.25) is 0 Å². The molecule has 0 aromatic heterocycles. The number of allylic oxidation sites excluding steroid dienone is 4. The zero-order chi connectivity index (χ0) is 13.9. The third kappa shape index (κ3) is 3.31. The fourth-order valence-electron chi connectivity index (χ4n) is 1.75. The van der Waals surface area contributed by atoms with Crippen LogP contribution in [0.1, 0.15) is 53.9 Å². The molecule has 0 aliphatic heterocycles. The summed E-state index contributed by atoms with van der Waals surface area (Å²) in [6.07, 6.45) is 4.27. The molecule has 0 bridgehead atoms. The van der Waals surface area contributed by atoms with E-state index in [2.05, 4.69) is 0 Å². The number of hydrogen-bond acceptors (Lipinski definition) is 3. The van der Waals surface area contributed by atoms with Crippen molar-refractivity contribution < 1.29 is 14.3 Å². The van der Waals surface area contributed by atoms with Crippen LogP contribution in [-0.2, 0) is 14.3 Å². The molecule has 0 atom stereocenters. The van der Waals surface area contributed by atoms with Crippen LogP contribution in [0.15, 0.2) is 23.0 Å². The molecule has 0 radical (unpaired) electrons. The van der Waals surface area contributed by atoms with Crippen molar-refractivity contribution in [2.45, 2.75) is 53.9 Å². The van der Waals surface area contributed by atoms with Crippen LogP contribution >= 0.6 is 0 Å². The van der Waals surface area contributed by atoms with Crippen LogP contribution in [0.4, 0.5) is 0 Å². The summed E-state index contributed by atoms with van der Waals surface area (Å²) in [7, 11) is 0. The van der Waals surface area contributed by atoms with Gasteiger partial charge >= 0.3 is 5.97 Å². The van der Waals surface area contributed by atoms with E-state index in [1.165, 1.54) is 0 Å². The molecule has 3 heteroatoms. The second kappa shape index (κ2) is 5.51. The summed E-state index contributed by atoms with van der Waals surface area (Å²) in [6.45, 7) is 9.13. The minimum atomic E-state index is -0.552. The Morgan fingerprint density at radius 3 is 2.50 bits per heavy atom. The van der Waals surface area contributed by atoms with Crippen LogP contribution in [0.3, 0.4) is 0 Å². The summed E-state index contributed by atoms with van der Waals surface area (Å²) in [5, 5.41) is 0. The lowest BCUT2D eigenvalue weighted by Gasteiger charge is -2.17. The molecule has 0 spiro atoms. The normalized spacial score (nSPS) is 18.7. The number of carbonyl (C=O) groups is 2. The van der Waals surface area contributed by atoms with Crippen molar-refractivity contribution in [1.82, 2.24) is 0 Å². The molecule has 1 aliphatic carbocycles. The van der Waals surface area contributed by atoms with Crippen LogP contribution in [0.5, 0.6) is 0 Å². The van der Waals surface area contributed by atoms with Gasteiger partial charge in [-0.2, -0.15) is 0 Å². The first-order chi connectivity index (χ1) is 8.27. The van der Waals surface area contributed by atoms with Crippen LogP contribution in [0, 0.1) is 5.41 Å². The Bertz CT molecular complexity index is 420. The lowest BCUT2D eigenvalue weighted by atomic mass is 9.97. The molecule has 0 aromatic carbocycles. The number of hydrogen-bond donors (Lipinski definition) is 0. The van der Waals surface area contributed by atoms with Gasteiger partial charge in [0.05, 0.1) is 5.41 Å². The average Bonchev–Trinajstić information content (AvgIpc) is 2.60. The molecule has 0 aromatic rings. The molecule has 0 fully saturated rings. The van der Waals surface area contributed by atoms with Crippen molar-refractivity contribution in [3.8, 4) is 0 Å². The number of rotatable bonds is 3. The van der Waals surface area contributed by atoms with Crippen molar-refractivity contribution in [2.24, 2.45) is 5.41 Å². The standard InChI is InChI=1S/C15H22O3/c1-6-7-11-8-9-12(13(11)16)10(2)18-14(17)15(3,4)5/h8H,6-7,9H2,1-5H3/b12-10-. The largest absolute Gasteiger partial charge is 0.431 e. The number of ether oxygens (including phenoxy) is 1. The van der Waals surface area contributed by atoms with E-state index in [1.54, 1.807) is 27.7 Å². The Kier molecular flexibility index (Phi) is 4.49. The molecule has 1 rings (SSSR count). The maximum absolute atomic E-state index is 12.1. The van der Waals surface area contributed by atoms with Gasteiger partial charge in [-0.15, -0.1) is 0 Å². The zero-order valence-electron chi connectivity index (χ0n) is 11.9. The third-order valence-electron chi connectivity index (χ3n) is 2.92. The van der Waals surface area contributed by atoms with Gasteiger partial charge in [0.15, 0.2) is 5.78 Å². The minimum Gasteiger partial charge on any atom is -0.431 e. The van der Waals surface area contributed by atoms with Gasteiger partial charge in [0.25, 0.3) is 0 Å². The highest BCUT2D eigenvalue weighted by Crippen LogP contribution is 2.28. The minimum absolute atomic E-state index is 0.0380. The quantitative estimate of drug-likeness (QED) is 0.437. The second-order valence-corrected chi connectivity index (χ2v) is 5.69. The van der Waals surface area contributed by atoms with Crippen molar-refractivity contribution >= 4 is 11.8 Å². The van der Waals surface area contributed by atoms with Crippen LogP contribution in [0.25, 0.3) is 0 Å². The van der Waals surface area contributed by atoms with E-state index in [4.69, 9.17) is 4.74 Å². The smallest absolute Gasteiger partial charge is 0.316 e. The van der Waals surface area contributed by atoms with Crippen LogP contribution in [-0.4, -0.2) is 11.8 Å². The SMILES string of the molecule is CCCC1=CC/C(=C(\C)OC(=O)C(C)(C)C)C1=O. The summed E-state index contributed by atoms with van der Waals surface area (Å²) in [5.41, 5.74) is 0.915. The van der Waals surface area contributed by atoms with Gasteiger partial charge in [-0.3, -0.25) is 9.59 Å². The van der Waals surface area contributed by atoms with E-state index in [1.807, 2.05) is 13.0 Å². The fourth-order valence-corrected chi connectivity index (χ4v) is 1.75. The molecule has 0 saturated heterocycles. The molecule has 18 heavy (non-hydrogen) atoms. The maximum atomic E-state index is 12.1. The van der Waals surface area contributed by atoms with Crippen molar-refractivity contribution in [1.29, 1.82) is 0 Å². The van der Waals surface area contributed by atoms with E-state index in [0.717, 1.165) is 18.4 Å². The molecular formula is C15H22O3. The highest BCUT2D eigenvalue weighted by atomic mass is 16.5. The number of carbonyl (C=O) groups excluding carboxylic acids is 2. The number of Topliss-reactive ketones (excluding diaryl/α,β-unsaturated/α-hetero) is 1. The fraction of sp³-hybridized carbons (Fsp3) is 0.600. The monoisotopic (exact) mass is 250 g/mol. The Hall–Kier alpha value is -1.38. The first-order valence-electron chi connectivity index (χ1n) is 6.43. The lowest BCUT2D eigenvalue weighted by molar-refractivity contribution is -0.148.